The van der Waals surface area contributed by atoms with Crippen LogP contribution in [0.5, 0.6) is 0 Å². The highest BCUT2D eigenvalue weighted by Crippen LogP contribution is 2.23. The molecule has 0 saturated heterocycles. The molecule has 1 aromatic carbocycles. The van der Waals surface area contributed by atoms with Crippen molar-refractivity contribution in [3.8, 4) is 0 Å². The second-order valence-electron chi connectivity index (χ2n) is 3.16. The molecule has 92 valence electrons. The normalized spacial score (nSPS) is 12.1. The summed E-state index contributed by atoms with van der Waals surface area (Å²) in [4.78, 5) is 20.2. The number of nitro groups is 1. The fourth-order valence-electron chi connectivity index (χ4n) is 1.13. The van der Waals surface area contributed by atoms with Crippen LogP contribution in [0.25, 0.3) is 0 Å². The summed E-state index contributed by atoms with van der Waals surface area (Å²) in [6.07, 6.45) is 0. The molecule has 0 bridgehead atoms. The Hall–Kier alpha value is -1.47. The van der Waals surface area contributed by atoms with E-state index in [2.05, 4.69) is 0 Å². The van der Waals surface area contributed by atoms with Crippen molar-refractivity contribution >= 4 is 34.1 Å². The highest BCUT2D eigenvalue weighted by Gasteiger charge is 2.13. The second-order valence-corrected chi connectivity index (χ2v) is 5.02. The smallest absolute Gasteiger partial charge is 0.316 e. The van der Waals surface area contributed by atoms with Gasteiger partial charge in [-0.05, 0) is 11.6 Å². The quantitative estimate of drug-likeness (QED) is 0.651. The summed E-state index contributed by atoms with van der Waals surface area (Å²) >= 11 is 5.77. The monoisotopic (exact) mass is 277 g/mol. The van der Waals surface area contributed by atoms with Gasteiger partial charge in [-0.25, -0.2) is 0 Å². The Balaban J connectivity index is 2.83. The number of rotatable bonds is 5. The van der Waals surface area contributed by atoms with Gasteiger partial charge in [0.2, 0.25) is 0 Å². The second kappa shape index (κ2) is 5.74. The van der Waals surface area contributed by atoms with E-state index in [1.54, 1.807) is 0 Å². The predicted octanol–water partition coefficient (Wildman–Crippen LogP) is 1.58. The molecule has 1 rings (SSSR count). The molecule has 0 aliphatic heterocycles. The van der Waals surface area contributed by atoms with Crippen molar-refractivity contribution in [3.63, 3.8) is 0 Å². The van der Waals surface area contributed by atoms with Crippen molar-refractivity contribution in [2.24, 2.45) is 0 Å². The summed E-state index contributed by atoms with van der Waals surface area (Å²) in [5.74, 6) is -1.68. The minimum absolute atomic E-state index is 0.0386. The lowest BCUT2D eigenvalue weighted by atomic mass is 10.2. The van der Waals surface area contributed by atoms with E-state index in [4.69, 9.17) is 16.7 Å². The van der Waals surface area contributed by atoms with Crippen LogP contribution in [-0.2, 0) is 21.3 Å². The topological polar surface area (TPSA) is 97.5 Å². The Morgan fingerprint density at radius 3 is 2.65 bits per heavy atom. The van der Waals surface area contributed by atoms with Gasteiger partial charge in [0.1, 0.15) is 5.75 Å². The number of carboxylic acids is 1. The summed E-state index contributed by atoms with van der Waals surface area (Å²) in [5, 5.41) is 19.0. The van der Waals surface area contributed by atoms with E-state index in [0.29, 0.717) is 5.56 Å². The molecular weight excluding hydrogens is 270 g/mol. The van der Waals surface area contributed by atoms with Crippen LogP contribution in [0.3, 0.4) is 0 Å². The molecule has 1 unspecified atom stereocenters. The van der Waals surface area contributed by atoms with Crippen LogP contribution in [0.4, 0.5) is 5.69 Å². The molecule has 0 saturated carbocycles. The van der Waals surface area contributed by atoms with Gasteiger partial charge < -0.3 is 5.11 Å². The molecule has 0 spiro atoms. The molecule has 0 aliphatic carbocycles. The number of hydrogen-bond acceptors (Lipinski definition) is 4. The van der Waals surface area contributed by atoms with Gasteiger partial charge in [-0.3, -0.25) is 19.1 Å². The lowest BCUT2D eigenvalue weighted by Crippen LogP contribution is -2.10. The first kappa shape index (κ1) is 13.6. The van der Waals surface area contributed by atoms with Crippen LogP contribution < -0.4 is 0 Å². The van der Waals surface area contributed by atoms with Gasteiger partial charge in [0.15, 0.2) is 0 Å². The molecule has 0 aromatic heterocycles. The highest BCUT2D eigenvalue weighted by molar-refractivity contribution is 7.84. The van der Waals surface area contributed by atoms with E-state index in [1.807, 2.05) is 0 Å². The average Bonchev–Trinajstić information content (AvgIpc) is 2.19. The number of benzene rings is 1. The van der Waals surface area contributed by atoms with E-state index >= 15 is 0 Å². The van der Waals surface area contributed by atoms with Crippen molar-refractivity contribution in [3.05, 3.63) is 38.9 Å². The number of halogens is 1. The van der Waals surface area contributed by atoms with Gasteiger partial charge in [-0.1, -0.05) is 11.6 Å². The molecule has 0 fully saturated rings. The maximum Gasteiger partial charge on any atom is 0.316 e. The molecule has 0 heterocycles. The van der Waals surface area contributed by atoms with Crippen LogP contribution in [0, 0.1) is 10.1 Å². The maximum absolute atomic E-state index is 11.3. The Kier molecular flexibility index (Phi) is 4.59. The first-order chi connectivity index (χ1) is 7.90. The first-order valence-electron chi connectivity index (χ1n) is 4.39. The third-order valence-electron chi connectivity index (χ3n) is 1.85. The van der Waals surface area contributed by atoms with Gasteiger partial charge in [0.25, 0.3) is 5.69 Å². The first-order valence-corrected chi connectivity index (χ1v) is 6.26. The summed E-state index contributed by atoms with van der Waals surface area (Å²) in [6.45, 7) is 0. The van der Waals surface area contributed by atoms with Gasteiger partial charge in [-0.15, -0.1) is 0 Å². The lowest BCUT2D eigenvalue weighted by molar-refractivity contribution is -0.384. The Labute approximate surface area is 104 Å². The van der Waals surface area contributed by atoms with E-state index < -0.39 is 27.4 Å². The number of hydrogen-bond donors (Lipinski definition) is 1. The van der Waals surface area contributed by atoms with Crippen molar-refractivity contribution in [2.75, 3.05) is 5.75 Å². The van der Waals surface area contributed by atoms with E-state index in [0.717, 1.165) is 6.07 Å². The maximum atomic E-state index is 11.3. The molecule has 0 aliphatic rings. The van der Waals surface area contributed by atoms with Gasteiger partial charge in [0.05, 0.1) is 15.7 Å². The zero-order chi connectivity index (χ0) is 13.0. The molecule has 8 heteroatoms. The van der Waals surface area contributed by atoms with Crippen molar-refractivity contribution in [1.29, 1.82) is 0 Å². The van der Waals surface area contributed by atoms with E-state index in [-0.39, 0.29) is 16.5 Å². The minimum atomic E-state index is -1.58. The lowest BCUT2D eigenvalue weighted by Gasteiger charge is -2.02. The Morgan fingerprint density at radius 2 is 2.18 bits per heavy atom. The van der Waals surface area contributed by atoms with Crippen LogP contribution >= 0.6 is 11.6 Å². The number of carbonyl (C=O) groups is 1. The average molecular weight is 278 g/mol. The third-order valence-corrected chi connectivity index (χ3v) is 3.40. The van der Waals surface area contributed by atoms with Crippen LogP contribution in [0.15, 0.2) is 18.2 Å². The van der Waals surface area contributed by atoms with E-state index in [9.17, 15) is 19.1 Å². The molecule has 6 nitrogen and oxygen atoms in total. The standard InChI is InChI=1S/C9H8ClNO5S/c10-8-3-7(11(14)15)2-1-6(8)4-17(16)5-9(12)13/h1-3H,4-5H2,(H,12,13). The molecule has 1 aromatic rings. The van der Waals surface area contributed by atoms with Gasteiger partial charge in [-0.2, -0.15) is 0 Å². The van der Waals surface area contributed by atoms with Crippen LogP contribution in [0.2, 0.25) is 5.02 Å². The number of carboxylic acid groups (broad SMARTS) is 1. The summed E-state index contributed by atoms with van der Waals surface area (Å²) in [6, 6.07) is 3.76. The SMILES string of the molecule is O=C(O)CS(=O)Cc1ccc([N+](=O)[O-])cc1Cl. The minimum Gasteiger partial charge on any atom is -0.481 e. The number of aliphatic carboxylic acids is 1. The van der Waals surface area contributed by atoms with E-state index in [1.165, 1.54) is 12.1 Å². The molecule has 0 radical (unpaired) electrons. The Morgan fingerprint density at radius 1 is 1.53 bits per heavy atom. The highest BCUT2D eigenvalue weighted by atomic mass is 35.5. The van der Waals surface area contributed by atoms with Gasteiger partial charge in [0, 0.05) is 22.9 Å². The largest absolute Gasteiger partial charge is 0.481 e. The fourth-order valence-corrected chi connectivity index (χ4v) is 2.43. The third kappa shape index (κ3) is 4.12. The molecule has 0 amide bonds. The summed E-state index contributed by atoms with van der Waals surface area (Å²) in [7, 11) is -1.58. The summed E-state index contributed by atoms with van der Waals surface area (Å²) < 4.78 is 11.3. The van der Waals surface area contributed by atoms with Crippen molar-refractivity contribution in [1.82, 2.24) is 0 Å². The zero-order valence-corrected chi connectivity index (χ0v) is 10.0. The number of non-ortho nitro benzene ring substituents is 1. The summed E-state index contributed by atoms with van der Waals surface area (Å²) in [5.41, 5.74) is 0.264. The van der Waals surface area contributed by atoms with Crippen LogP contribution in [-0.4, -0.2) is 26.0 Å². The number of nitrogens with zero attached hydrogens (tertiary/aromatic N) is 1. The molecule has 1 atom stereocenters. The van der Waals surface area contributed by atoms with Crippen LogP contribution in [0.1, 0.15) is 5.56 Å². The van der Waals surface area contributed by atoms with Gasteiger partial charge >= 0.3 is 5.97 Å². The fraction of sp³-hybridized carbons (Fsp3) is 0.222. The predicted molar refractivity (Wildman–Crippen MR) is 62.5 cm³/mol. The Bertz CT molecular complexity index is 490. The number of nitro benzene ring substituents is 1. The zero-order valence-electron chi connectivity index (χ0n) is 8.46. The molecule has 1 N–H and O–H groups in total. The molecular formula is C9H8ClNO5S. The van der Waals surface area contributed by atoms with Crippen molar-refractivity contribution < 1.29 is 19.0 Å². The molecule has 17 heavy (non-hydrogen) atoms. The van der Waals surface area contributed by atoms with Crippen molar-refractivity contribution in [2.45, 2.75) is 5.75 Å².